The van der Waals surface area contributed by atoms with Gasteiger partial charge in [0.05, 0.1) is 19.1 Å². The summed E-state index contributed by atoms with van der Waals surface area (Å²) in [5.74, 6) is 0.455. The number of rotatable bonds is 7. The van der Waals surface area contributed by atoms with Crippen molar-refractivity contribution in [2.24, 2.45) is 0 Å². The molecule has 0 aliphatic rings. The van der Waals surface area contributed by atoms with E-state index >= 15 is 0 Å². The van der Waals surface area contributed by atoms with Gasteiger partial charge in [0.2, 0.25) is 0 Å². The van der Waals surface area contributed by atoms with Crippen LogP contribution in [-0.2, 0) is 23.2 Å². The van der Waals surface area contributed by atoms with Crippen molar-refractivity contribution in [1.82, 2.24) is 4.90 Å². The van der Waals surface area contributed by atoms with E-state index in [2.05, 4.69) is 0 Å². The molecular formula is C20H17Cl2NO5S. The minimum absolute atomic E-state index is 0.168. The molecule has 0 spiro atoms. The van der Waals surface area contributed by atoms with E-state index in [4.69, 9.17) is 31.8 Å². The Bertz CT molecular complexity index is 1090. The van der Waals surface area contributed by atoms with E-state index in [9.17, 15) is 13.2 Å². The number of hydrogen-bond donors (Lipinski definition) is 0. The van der Waals surface area contributed by atoms with Crippen LogP contribution in [-0.4, -0.2) is 25.5 Å². The summed E-state index contributed by atoms with van der Waals surface area (Å²) in [6.45, 7) is 0.387. The molecule has 3 aromatic rings. The van der Waals surface area contributed by atoms with E-state index in [1.807, 2.05) is 0 Å². The summed E-state index contributed by atoms with van der Waals surface area (Å²) in [5, 5.41) is 0.699. The zero-order valence-electron chi connectivity index (χ0n) is 15.3. The first kappa shape index (κ1) is 21.2. The lowest BCUT2D eigenvalue weighted by Crippen LogP contribution is -2.30. The Morgan fingerprint density at radius 1 is 1.03 bits per heavy atom. The molecule has 1 aromatic heterocycles. The normalized spacial score (nSPS) is 11.3. The van der Waals surface area contributed by atoms with Crippen molar-refractivity contribution in [2.75, 3.05) is 6.26 Å². The maximum atomic E-state index is 13.1. The standard InChI is InChI=1S/C20H17Cl2NO5S/c1-29(25,26)28-18-5-2-4-14(8-18)12-23(13-19-6-3-7-27-19)20(24)15-9-16(21)11-17(22)10-15/h2-11H,12-13H2,1H3. The van der Waals surface area contributed by atoms with Crippen LogP contribution in [0.25, 0.3) is 0 Å². The molecule has 0 aliphatic carbocycles. The molecule has 1 heterocycles. The molecule has 0 aliphatic heterocycles. The molecule has 0 saturated heterocycles. The van der Waals surface area contributed by atoms with Crippen molar-refractivity contribution < 1.29 is 21.8 Å². The lowest BCUT2D eigenvalue weighted by Gasteiger charge is -2.22. The van der Waals surface area contributed by atoms with Crippen LogP contribution in [0.4, 0.5) is 0 Å². The van der Waals surface area contributed by atoms with Crippen LogP contribution in [0.2, 0.25) is 10.0 Å². The average molecular weight is 454 g/mol. The van der Waals surface area contributed by atoms with E-state index < -0.39 is 10.1 Å². The maximum absolute atomic E-state index is 13.1. The Kier molecular flexibility index (Phi) is 6.52. The number of furan rings is 1. The summed E-state index contributed by atoms with van der Waals surface area (Å²) in [6, 6.07) is 14.6. The van der Waals surface area contributed by atoms with E-state index in [-0.39, 0.29) is 24.7 Å². The van der Waals surface area contributed by atoms with Crippen LogP contribution >= 0.6 is 23.2 Å². The summed E-state index contributed by atoms with van der Waals surface area (Å²) in [5.41, 5.74) is 1.01. The fourth-order valence-corrected chi connectivity index (χ4v) is 3.72. The van der Waals surface area contributed by atoms with Gasteiger partial charge in [-0.15, -0.1) is 0 Å². The van der Waals surface area contributed by atoms with Crippen molar-refractivity contribution in [3.63, 3.8) is 0 Å². The predicted octanol–water partition coefficient (Wildman–Crippen LogP) is 4.77. The van der Waals surface area contributed by atoms with Gasteiger partial charge in [-0.3, -0.25) is 4.79 Å². The average Bonchev–Trinajstić information content (AvgIpc) is 3.11. The van der Waals surface area contributed by atoms with E-state index in [0.717, 1.165) is 6.26 Å². The third kappa shape index (κ3) is 6.25. The van der Waals surface area contributed by atoms with Gasteiger partial charge in [0, 0.05) is 22.2 Å². The van der Waals surface area contributed by atoms with E-state index in [1.165, 1.54) is 24.5 Å². The number of carbonyl (C=O) groups excluding carboxylic acids is 1. The van der Waals surface area contributed by atoms with Gasteiger partial charge in [0.25, 0.3) is 5.91 Å². The minimum atomic E-state index is -3.66. The van der Waals surface area contributed by atoms with Gasteiger partial charge in [-0.1, -0.05) is 35.3 Å². The van der Waals surface area contributed by atoms with Crippen molar-refractivity contribution in [3.8, 4) is 5.75 Å². The lowest BCUT2D eigenvalue weighted by molar-refractivity contribution is 0.0717. The van der Waals surface area contributed by atoms with Crippen LogP contribution in [0.15, 0.2) is 65.3 Å². The molecule has 0 saturated carbocycles. The molecule has 0 atom stereocenters. The van der Waals surface area contributed by atoms with Gasteiger partial charge < -0.3 is 13.5 Å². The highest BCUT2D eigenvalue weighted by molar-refractivity contribution is 7.86. The molecule has 2 aromatic carbocycles. The van der Waals surface area contributed by atoms with Crippen LogP contribution < -0.4 is 4.18 Å². The first-order valence-electron chi connectivity index (χ1n) is 8.46. The molecule has 29 heavy (non-hydrogen) atoms. The summed E-state index contributed by atoms with van der Waals surface area (Å²) in [6.07, 6.45) is 2.49. The fourth-order valence-electron chi connectivity index (χ4n) is 2.74. The van der Waals surface area contributed by atoms with Gasteiger partial charge in [0.1, 0.15) is 11.5 Å². The van der Waals surface area contributed by atoms with Gasteiger partial charge in [0.15, 0.2) is 0 Å². The highest BCUT2D eigenvalue weighted by Gasteiger charge is 2.19. The summed E-state index contributed by atoms with van der Waals surface area (Å²) in [4.78, 5) is 14.7. The zero-order valence-corrected chi connectivity index (χ0v) is 17.7. The van der Waals surface area contributed by atoms with Crippen molar-refractivity contribution in [3.05, 3.63) is 87.8 Å². The van der Waals surface area contributed by atoms with Gasteiger partial charge in [-0.25, -0.2) is 0 Å². The Hall–Kier alpha value is -2.48. The number of benzene rings is 2. The van der Waals surface area contributed by atoms with Gasteiger partial charge in [-0.05, 0) is 48.0 Å². The van der Waals surface area contributed by atoms with Gasteiger partial charge >= 0.3 is 10.1 Å². The quantitative estimate of drug-likeness (QED) is 0.481. The number of halogens is 2. The molecule has 1 amide bonds. The minimum Gasteiger partial charge on any atom is -0.467 e. The number of nitrogens with zero attached hydrogens (tertiary/aromatic N) is 1. The van der Waals surface area contributed by atoms with E-state index in [0.29, 0.717) is 26.9 Å². The van der Waals surface area contributed by atoms with Crippen molar-refractivity contribution >= 4 is 39.2 Å². The first-order chi connectivity index (χ1) is 13.7. The molecule has 6 nitrogen and oxygen atoms in total. The van der Waals surface area contributed by atoms with Crippen molar-refractivity contribution in [2.45, 2.75) is 13.1 Å². The molecule has 9 heteroatoms. The van der Waals surface area contributed by atoms with Crippen molar-refractivity contribution in [1.29, 1.82) is 0 Å². The Balaban J connectivity index is 1.90. The molecular weight excluding hydrogens is 437 g/mol. The molecule has 0 bridgehead atoms. The first-order valence-corrected chi connectivity index (χ1v) is 11.0. The Labute approximate surface area is 178 Å². The molecule has 152 valence electrons. The molecule has 0 unspecified atom stereocenters. The molecule has 3 rings (SSSR count). The Morgan fingerprint density at radius 3 is 2.38 bits per heavy atom. The van der Waals surface area contributed by atoms with Crippen LogP contribution in [0.5, 0.6) is 5.75 Å². The second-order valence-electron chi connectivity index (χ2n) is 6.33. The highest BCUT2D eigenvalue weighted by atomic mass is 35.5. The topological polar surface area (TPSA) is 76.8 Å². The monoisotopic (exact) mass is 453 g/mol. The molecule has 0 radical (unpaired) electrons. The molecule has 0 N–H and O–H groups in total. The third-order valence-corrected chi connectivity index (χ3v) is 4.77. The van der Waals surface area contributed by atoms with Gasteiger partial charge in [-0.2, -0.15) is 8.42 Å². The Morgan fingerprint density at radius 2 is 1.76 bits per heavy atom. The SMILES string of the molecule is CS(=O)(=O)Oc1cccc(CN(Cc2ccco2)C(=O)c2cc(Cl)cc(Cl)c2)c1. The fraction of sp³-hybridized carbons (Fsp3) is 0.150. The smallest absolute Gasteiger partial charge is 0.306 e. The van der Waals surface area contributed by atoms with Crippen LogP contribution in [0.3, 0.4) is 0 Å². The number of amides is 1. The van der Waals surface area contributed by atoms with Crippen LogP contribution in [0, 0.1) is 0 Å². The third-order valence-electron chi connectivity index (χ3n) is 3.84. The zero-order chi connectivity index (χ0) is 21.0. The largest absolute Gasteiger partial charge is 0.467 e. The summed E-state index contributed by atoms with van der Waals surface area (Å²) in [7, 11) is -3.66. The summed E-state index contributed by atoms with van der Waals surface area (Å²) < 4.78 is 33.1. The maximum Gasteiger partial charge on any atom is 0.306 e. The van der Waals surface area contributed by atoms with Crippen LogP contribution in [0.1, 0.15) is 21.7 Å². The second kappa shape index (κ2) is 8.90. The highest BCUT2D eigenvalue weighted by Crippen LogP contribution is 2.23. The van der Waals surface area contributed by atoms with E-state index in [1.54, 1.807) is 41.3 Å². The molecule has 0 fully saturated rings. The summed E-state index contributed by atoms with van der Waals surface area (Å²) >= 11 is 12.1. The number of hydrogen-bond acceptors (Lipinski definition) is 5. The second-order valence-corrected chi connectivity index (χ2v) is 8.78. The lowest BCUT2D eigenvalue weighted by atomic mass is 10.1. The number of carbonyl (C=O) groups is 1. The predicted molar refractivity (Wildman–Crippen MR) is 111 cm³/mol.